The Morgan fingerprint density at radius 1 is 0.913 bits per heavy atom. The van der Waals surface area contributed by atoms with Gasteiger partial charge in [0.1, 0.15) is 12.4 Å². The zero-order valence-corrected chi connectivity index (χ0v) is 13.5. The summed E-state index contributed by atoms with van der Waals surface area (Å²) in [5.41, 5.74) is 3.11. The summed E-state index contributed by atoms with van der Waals surface area (Å²) in [6.07, 6.45) is 3.66. The first-order valence-electron chi connectivity index (χ1n) is 7.10. The average Bonchev–Trinajstić information content (AvgIpc) is 3.04. The molecule has 0 amide bonds. The van der Waals surface area contributed by atoms with Crippen molar-refractivity contribution < 1.29 is 0 Å². The van der Waals surface area contributed by atoms with Crippen molar-refractivity contribution in [1.82, 2.24) is 14.8 Å². The van der Waals surface area contributed by atoms with Gasteiger partial charge in [-0.15, -0.1) is 0 Å². The third-order valence-corrected chi connectivity index (χ3v) is 4.28. The highest BCUT2D eigenvalue weighted by atomic mass is 35.5. The smallest absolute Gasteiger partial charge is 0.226 e. The molecule has 0 bridgehead atoms. The van der Waals surface area contributed by atoms with Gasteiger partial charge in [-0.3, -0.25) is 0 Å². The largest absolute Gasteiger partial charge is 0.324 e. The Hall–Kier alpha value is -2.30. The van der Waals surface area contributed by atoms with Crippen molar-refractivity contribution in [2.75, 3.05) is 5.32 Å². The summed E-state index contributed by atoms with van der Waals surface area (Å²) in [5, 5.41) is 9.05. The van der Waals surface area contributed by atoms with Gasteiger partial charge in [0.2, 0.25) is 5.95 Å². The van der Waals surface area contributed by atoms with E-state index < -0.39 is 0 Å². The number of nitrogens with zero attached hydrogens (tertiary/aromatic N) is 3. The third kappa shape index (κ3) is 2.71. The van der Waals surface area contributed by atoms with E-state index in [1.807, 2.05) is 53.2 Å². The number of benzene rings is 2. The van der Waals surface area contributed by atoms with Crippen molar-refractivity contribution in [3.8, 4) is 0 Å². The lowest BCUT2D eigenvalue weighted by atomic mass is 10.0. The molecule has 2 aromatic carbocycles. The molecule has 0 radical (unpaired) electrons. The van der Waals surface area contributed by atoms with Gasteiger partial charge in [-0.2, -0.15) is 10.1 Å². The fourth-order valence-corrected chi connectivity index (χ4v) is 2.88. The summed E-state index contributed by atoms with van der Waals surface area (Å²) in [7, 11) is 0. The van der Waals surface area contributed by atoms with Crippen LogP contribution in [0.25, 0.3) is 5.70 Å². The van der Waals surface area contributed by atoms with Gasteiger partial charge in [-0.1, -0.05) is 47.5 Å². The fourth-order valence-electron chi connectivity index (χ4n) is 2.63. The van der Waals surface area contributed by atoms with Crippen LogP contribution in [0.5, 0.6) is 0 Å². The van der Waals surface area contributed by atoms with Crippen LogP contribution in [0.3, 0.4) is 0 Å². The average molecular weight is 343 g/mol. The standard InChI is InChI=1S/C17H12Cl2N4/c18-13-5-1-11(2-6-13)15-9-16(12-3-7-14(19)8-4-12)23-17(22-15)20-10-21-23/h1-10,16H,(H,20,21,22)/t16-/m1/s1. The molecule has 23 heavy (non-hydrogen) atoms. The molecule has 1 aliphatic rings. The molecule has 1 atom stereocenters. The Bertz CT molecular complexity index is 866. The highest BCUT2D eigenvalue weighted by molar-refractivity contribution is 6.30. The summed E-state index contributed by atoms with van der Waals surface area (Å²) in [4.78, 5) is 4.29. The molecule has 2 heterocycles. The minimum atomic E-state index is -0.0447. The number of nitrogens with one attached hydrogen (secondary N) is 1. The van der Waals surface area contributed by atoms with Crippen molar-refractivity contribution in [1.29, 1.82) is 0 Å². The van der Waals surface area contributed by atoms with E-state index in [0.717, 1.165) is 16.8 Å². The van der Waals surface area contributed by atoms with E-state index >= 15 is 0 Å². The molecule has 0 aliphatic carbocycles. The number of allylic oxidation sites excluding steroid dienone is 1. The lowest BCUT2D eigenvalue weighted by Gasteiger charge is -2.24. The Labute approximate surface area is 143 Å². The molecule has 114 valence electrons. The SMILES string of the molecule is Clc1ccc(C2=C[C@H](c3ccc(Cl)cc3)n3ncnc3N2)cc1. The maximum absolute atomic E-state index is 5.99. The highest BCUT2D eigenvalue weighted by Crippen LogP contribution is 2.32. The molecule has 0 fully saturated rings. The minimum absolute atomic E-state index is 0.0447. The van der Waals surface area contributed by atoms with E-state index in [9.17, 15) is 0 Å². The molecule has 0 unspecified atom stereocenters. The summed E-state index contributed by atoms with van der Waals surface area (Å²) >= 11 is 12.0. The van der Waals surface area contributed by atoms with E-state index in [2.05, 4.69) is 21.5 Å². The Morgan fingerprint density at radius 3 is 2.26 bits per heavy atom. The molecule has 4 nitrogen and oxygen atoms in total. The van der Waals surface area contributed by atoms with Crippen LogP contribution in [0.1, 0.15) is 17.2 Å². The first-order chi connectivity index (χ1) is 11.2. The molecule has 1 aliphatic heterocycles. The number of anilines is 1. The van der Waals surface area contributed by atoms with Gasteiger partial charge in [0.25, 0.3) is 0 Å². The predicted molar refractivity (Wildman–Crippen MR) is 92.7 cm³/mol. The second-order valence-corrected chi connectivity index (χ2v) is 6.11. The molecule has 4 rings (SSSR count). The second kappa shape index (κ2) is 5.72. The van der Waals surface area contributed by atoms with E-state index in [1.165, 1.54) is 0 Å². The van der Waals surface area contributed by atoms with Gasteiger partial charge in [-0.05, 0) is 41.5 Å². The van der Waals surface area contributed by atoms with Crippen LogP contribution in [0.15, 0.2) is 60.9 Å². The van der Waals surface area contributed by atoms with Gasteiger partial charge >= 0.3 is 0 Å². The number of fused-ring (bicyclic) bond motifs is 1. The predicted octanol–water partition coefficient (Wildman–Crippen LogP) is 4.64. The van der Waals surface area contributed by atoms with Gasteiger partial charge in [-0.25, -0.2) is 4.68 Å². The molecular formula is C17H12Cl2N4. The van der Waals surface area contributed by atoms with Crippen LogP contribution in [0, 0.1) is 0 Å². The van der Waals surface area contributed by atoms with Crippen LogP contribution in [-0.2, 0) is 0 Å². The monoisotopic (exact) mass is 342 g/mol. The van der Waals surface area contributed by atoms with Gasteiger partial charge in [0, 0.05) is 15.7 Å². The summed E-state index contributed by atoms with van der Waals surface area (Å²) < 4.78 is 1.85. The van der Waals surface area contributed by atoms with Crippen molar-refractivity contribution >= 4 is 34.8 Å². The zero-order chi connectivity index (χ0) is 15.8. The summed E-state index contributed by atoms with van der Waals surface area (Å²) in [5.74, 6) is 0.706. The zero-order valence-electron chi connectivity index (χ0n) is 11.9. The second-order valence-electron chi connectivity index (χ2n) is 5.24. The minimum Gasteiger partial charge on any atom is -0.324 e. The Balaban J connectivity index is 1.79. The Morgan fingerprint density at radius 2 is 1.57 bits per heavy atom. The van der Waals surface area contributed by atoms with Crippen LogP contribution >= 0.6 is 23.2 Å². The molecule has 0 saturated heterocycles. The van der Waals surface area contributed by atoms with Gasteiger partial charge in [0.15, 0.2) is 0 Å². The first kappa shape index (κ1) is 14.3. The number of hydrogen-bond donors (Lipinski definition) is 1. The van der Waals surface area contributed by atoms with Crippen LogP contribution in [-0.4, -0.2) is 14.8 Å². The summed E-state index contributed by atoms with van der Waals surface area (Å²) in [6.45, 7) is 0. The van der Waals surface area contributed by atoms with E-state index in [1.54, 1.807) is 6.33 Å². The first-order valence-corrected chi connectivity index (χ1v) is 7.86. The molecule has 6 heteroatoms. The molecule has 3 aromatic rings. The molecular weight excluding hydrogens is 331 g/mol. The maximum atomic E-state index is 5.99. The topological polar surface area (TPSA) is 42.7 Å². The lowest BCUT2D eigenvalue weighted by Crippen LogP contribution is -2.20. The number of halogens is 2. The maximum Gasteiger partial charge on any atom is 0.226 e. The molecule has 1 aromatic heterocycles. The summed E-state index contributed by atoms with van der Waals surface area (Å²) in [6, 6.07) is 15.4. The quantitative estimate of drug-likeness (QED) is 0.737. The van der Waals surface area contributed by atoms with Crippen LogP contribution in [0.2, 0.25) is 10.0 Å². The fraction of sp³-hybridized carbons (Fsp3) is 0.0588. The molecule has 0 saturated carbocycles. The van der Waals surface area contributed by atoms with Crippen LogP contribution < -0.4 is 5.32 Å². The van der Waals surface area contributed by atoms with E-state index in [4.69, 9.17) is 23.2 Å². The molecule has 0 spiro atoms. The highest BCUT2D eigenvalue weighted by Gasteiger charge is 2.23. The molecule has 1 N–H and O–H groups in total. The van der Waals surface area contributed by atoms with E-state index in [-0.39, 0.29) is 6.04 Å². The van der Waals surface area contributed by atoms with Gasteiger partial charge < -0.3 is 5.32 Å². The van der Waals surface area contributed by atoms with Crippen molar-refractivity contribution in [3.63, 3.8) is 0 Å². The van der Waals surface area contributed by atoms with Gasteiger partial charge in [0.05, 0.1) is 0 Å². The third-order valence-electron chi connectivity index (χ3n) is 3.77. The van der Waals surface area contributed by atoms with E-state index in [0.29, 0.717) is 16.0 Å². The van der Waals surface area contributed by atoms with Crippen molar-refractivity contribution in [2.45, 2.75) is 6.04 Å². The van der Waals surface area contributed by atoms with Crippen molar-refractivity contribution in [3.05, 3.63) is 82.1 Å². The number of rotatable bonds is 2. The Kier molecular flexibility index (Phi) is 3.56. The van der Waals surface area contributed by atoms with Crippen LogP contribution in [0.4, 0.5) is 5.95 Å². The number of aromatic nitrogens is 3. The normalized spacial score (nSPS) is 16.4. The lowest BCUT2D eigenvalue weighted by molar-refractivity contribution is 0.612. The van der Waals surface area contributed by atoms with Crippen molar-refractivity contribution in [2.24, 2.45) is 0 Å². The number of hydrogen-bond acceptors (Lipinski definition) is 3.